The van der Waals surface area contributed by atoms with E-state index < -0.39 is 5.97 Å². The second kappa shape index (κ2) is 8.76. The van der Waals surface area contributed by atoms with Gasteiger partial charge < -0.3 is 9.47 Å². The summed E-state index contributed by atoms with van der Waals surface area (Å²) in [5, 5.41) is 9.08. The van der Waals surface area contributed by atoms with Crippen molar-refractivity contribution in [2.75, 3.05) is 13.2 Å². The maximum Gasteiger partial charge on any atom is 0.348 e. The summed E-state index contributed by atoms with van der Waals surface area (Å²) in [5.74, 6) is 0.0522. The summed E-state index contributed by atoms with van der Waals surface area (Å²) in [7, 11) is 0. The lowest BCUT2D eigenvalue weighted by Gasteiger charge is -2.07. The molecule has 1 rings (SSSR count). The number of ether oxygens (including phenoxy) is 2. The molecule has 106 valence electrons. The van der Waals surface area contributed by atoms with Crippen LogP contribution in [-0.4, -0.2) is 19.2 Å². The Balaban J connectivity index is 2.89. The number of nitrogens with zero attached hydrogens (tertiary/aromatic N) is 1. The van der Waals surface area contributed by atoms with E-state index in [0.717, 1.165) is 12.8 Å². The molecule has 0 atom stereocenters. The van der Waals surface area contributed by atoms with Crippen LogP contribution < -0.4 is 4.74 Å². The van der Waals surface area contributed by atoms with Crippen LogP contribution in [0.4, 0.5) is 0 Å². The minimum atomic E-state index is -0.591. The Bertz CT molecular complexity index is 515. The van der Waals surface area contributed by atoms with Gasteiger partial charge in [-0.1, -0.05) is 31.5 Å². The molecule has 0 aliphatic carbocycles. The minimum Gasteiger partial charge on any atom is -0.493 e. The number of esters is 1. The van der Waals surface area contributed by atoms with Crippen LogP contribution in [0.1, 0.15) is 32.3 Å². The van der Waals surface area contributed by atoms with Crippen molar-refractivity contribution in [2.45, 2.75) is 26.7 Å². The van der Waals surface area contributed by atoms with Crippen molar-refractivity contribution in [1.29, 1.82) is 5.26 Å². The molecule has 4 heteroatoms. The summed E-state index contributed by atoms with van der Waals surface area (Å²) < 4.78 is 10.5. The number of benzene rings is 1. The highest BCUT2D eigenvalue weighted by molar-refractivity contribution is 5.98. The summed E-state index contributed by atoms with van der Waals surface area (Å²) in [6.07, 6.45) is 3.23. The molecule has 0 saturated carbocycles. The van der Waals surface area contributed by atoms with Crippen molar-refractivity contribution in [3.63, 3.8) is 0 Å². The zero-order valence-electron chi connectivity index (χ0n) is 11.9. The summed E-state index contributed by atoms with van der Waals surface area (Å²) in [5.41, 5.74) is 0.673. The lowest BCUT2D eigenvalue weighted by Crippen LogP contribution is -2.08. The Morgan fingerprint density at radius 3 is 2.75 bits per heavy atom. The molecule has 4 nitrogen and oxygen atoms in total. The molecule has 0 aromatic heterocycles. The molecule has 20 heavy (non-hydrogen) atoms. The van der Waals surface area contributed by atoms with Crippen LogP contribution >= 0.6 is 0 Å². The molecule has 0 aliphatic rings. The fourth-order valence-electron chi connectivity index (χ4n) is 1.57. The third kappa shape index (κ3) is 4.77. The number of carbonyl (C=O) groups is 1. The molecular weight excluding hydrogens is 254 g/mol. The minimum absolute atomic E-state index is 0.0201. The normalized spacial score (nSPS) is 10.8. The Labute approximate surface area is 119 Å². The smallest absolute Gasteiger partial charge is 0.348 e. The first-order chi connectivity index (χ1) is 9.72. The average molecular weight is 273 g/mol. The van der Waals surface area contributed by atoms with Crippen LogP contribution in [0.25, 0.3) is 6.08 Å². The Kier molecular flexibility index (Phi) is 6.91. The first-order valence-corrected chi connectivity index (χ1v) is 6.73. The first kappa shape index (κ1) is 15.8. The van der Waals surface area contributed by atoms with E-state index in [1.54, 1.807) is 12.1 Å². The summed E-state index contributed by atoms with van der Waals surface area (Å²) in [4.78, 5) is 11.8. The zero-order chi connectivity index (χ0) is 14.8. The van der Waals surface area contributed by atoms with E-state index in [-0.39, 0.29) is 5.57 Å². The molecule has 1 aromatic carbocycles. The first-order valence-electron chi connectivity index (χ1n) is 6.73. The highest BCUT2D eigenvalue weighted by Gasteiger charge is 2.11. The fourth-order valence-corrected chi connectivity index (χ4v) is 1.57. The molecule has 0 amide bonds. The van der Waals surface area contributed by atoms with E-state index in [1.165, 1.54) is 6.08 Å². The number of para-hydroxylation sites is 1. The van der Waals surface area contributed by atoms with E-state index in [1.807, 2.05) is 32.0 Å². The van der Waals surface area contributed by atoms with E-state index in [9.17, 15) is 4.79 Å². The average Bonchev–Trinajstić information content (AvgIpc) is 2.46. The van der Waals surface area contributed by atoms with Crippen molar-refractivity contribution in [3.05, 3.63) is 35.4 Å². The van der Waals surface area contributed by atoms with E-state index in [0.29, 0.717) is 24.5 Å². The number of rotatable bonds is 7. The molecule has 0 radical (unpaired) electrons. The largest absolute Gasteiger partial charge is 0.493 e. The van der Waals surface area contributed by atoms with Gasteiger partial charge in [-0.15, -0.1) is 0 Å². The number of unbranched alkanes of at least 4 members (excludes halogenated alkanes) is 1. The van der Waals surface area contributed by atoms with Gasteiger partial charge in [0.2, 0.25) is 0 Å². The number of hydrogen-bond donors (Lipinski definition) is 0. The van der Waals surface area contributed by atoms with Crippen molar-refractivity contribution in [1.82, 2.24) is 0 Å². The van der Waals surface area contributed by atoms with Gasteiger partial charge in [0.05, 0.1) is 13.2 Å². The molecule has 0 fully saturated rings. The Morgan fingerprint density at radius 1 is 1.35 bits per heavy atom. The molecule has 0 unspecified atom stereocenters. The van der Waals surface area contributed by atoms with Gasteiger partial charge in [-0.05, 0) is 25.5 Å². The summed E-state index contributed by atoms with van der Waals surface area (Å²) in [6.45, 7) is 4.74. The second-order valence-electron chi connectivity index (χ2n) is 4.13. The molecule has 0 aliphatic heterocycles. The van der Waals surface area contributed by atoms with Gasteiger partial charge in [0, 0.05) is 5.56 Å². The fraction of sp³-hybridized carbons (Fsp3) is 0.375. The summed E-state index contributed by atoms with van der Waals surface area (Å²) in [6, 6.07) is 9.14. The maximum atomic E-state index is 11.8. The second-order valence-corrected chi connectivity index (χ2v) is 4.13. The number of hydrogen-bond acceptors (Lipinski definition) is 4. The maximum absolute atomic E-state index is 11.8. The van der Waals surface area contributed by atoms with Gasteiger partial charge >= 0.3 is 5.97 Å². The van der Waals surface area contributed by atoms with Crippen LogP contribution in [0.2, 0.25) is 0 Å². The van der Waals surface area contributed by atoms with Crippen LogP contribution in [0, 0.1) is 11.3 Å². The van der Waals surface area contributed by atoms with Crippen LogP contribution in [0.15, 0.2) is 29.8 Å². The van der Waals surface area contributed by atoms with Crippen LogP contribution in [0.5, 0.6) is 5.75 Å². The van der Waals surface area contributed by atoms with Crippen molar-refractivity contribution >= 4 is 12.0 Å². The quantitative estimate of drug-likeness (QED) is 0.331. The zero-order valence-corrected chi connectivity index (χ0v) is 11.9. The summed E-state index contributed by atoms with van der Waals surface area (Å²) >= 11 is 0. The monoisotopic (exact) mass is 273 g/mol. The van der Waals surface area contributed by atoms with Gasteiger partial charge in [-0.2, -0.15) is 5.26 Å². The SMILES string of the molecule is CCCCOC(=O)/C(C#N)=C\c1ccccc1OCC. The van der Waals surface area contributed by atoms with E-state index in [4.69, 9.17) is 14.7 Å². The third-order valence-corrected chi connectivity index (χ3v) is 2.59. The molecule has 1 aromatic rings. The standard InChI is InChI=1S/C16H19NO3/c1-3-5-10-20-16(18)14(12-17)11-13-8-6-7-9-15(13)19-4-2/h6-9,11H,3-5,10H2,1-2H3/b14-11-. The van der Waals surface area contributed by atoms with Crippen molar-refractivity contribution in [2.24, 2.45) is 0 Å². The predicted molar refractivity (Wildman–Crippen MR) is 77.1 cm³/mol. The highest BCUT2D eigenvalue weighted by atomic mass is 16.5. The Hall–Kier alpha value is -2.28. The van der Waals surface area contributed by atoms with Crippen molar-refractivity contribution in [3.8, 4) is 11.8 Å². The van der Waals surface area contributed by atoms with Crippen molar-refractivity contribution < 1.29 is 14.3 Å². The molecule has 0 saturated heterocycles. The third-order valence-electron chi connectivity index (χ3n) is 2.59. The van der Waals surface area contributed by atoms with Gasteiger partial charge in [0.1, 0.15) is 17.4 Å². The lowest BCUT2D eigenvalue weighted by atomic mass is 10.1. The van der Waals surface area contributed by atoms with Gasteiger partial charge in [0.15, 0.2) is 0 Å². The highest BCUT2D eigenvalue weighted by Crippen LogP contribution is 2.21. The van der Waals surface area contributed by atoms with Gasteiger partial charge in [0.25, 0.3) is 0 Å². The topological polar surface area (TPSA) is 59.3 Å². The van der Waals surface area contributed by atoms with Crippen LogP contribution in [0.3, 0.4) is 0 Å². The number of nitriles is 1. The molecule has 0 heterocycles. The number of carbonyl (C=O) groups excluding carboxylic acids is 1. The molecule has 0 bridgehead atoms. The molecule has 0 spiro atoms. The van der Waals surface area contributed by atoms with Gasteiger partial charge in [-0.25, -0.2) is 4.79 Å². The lowest BCUT2D eigenvalue weighted by molar-refractivity contribution is -0.138. The Morgan fingerprint density at radius 2 is 2.10 bits per heavy atom. The van der Waals surface area contributed by atoms with Crippen LogP contribution in [-0.2, 0) is 9.53 Å². The molecule has 0 N–H and O–H groups in total. The van der Waals surface area contributed by atoms with E-state index in [2.05, 4.69) is 0 Å². The van der Waals surface area contributed by atoms with E-state index >= 15 is 0 Å². The predicted octanol–water partition coefficient (Wildman–Crippen LogP) is 3.34. The molecular formula is C16H19NO3. The van der Waals surface area contributed by atoms with Gasteiger partial charge in [-0.3, -0.25) is 0 Å².